The van der Waals surface area contributed by atoms with Gasteiger partial charge in [0.1, 0.15) is 5.75 Å². The smallest absolute Gasteiger partial charge is 0.347 e. The number of carbonyl (C=O) groups is 3. The maximum Gasteiger partial charge on any atom is 0.347 e. The molecule has 2 atom stereocenters. The van der Waals surface area contributed by atoms with Crippen molar-refractivity contribution in [1.29, 1.82) is 5.26 Å². The molecule has 7 heteroatoms. The van der Waals surface area contributed by atoms with Crippen molar-refractivity contribution in [3.8, 4) is 11.8 Å². The Morgan fingerprint density at radius 3 is 2.18 bits per heavy atom. The Morgan fingerprint density at radius 2 is 1.68 bits per heavy atom. The molecule has 1 aromatic carbocycles. The molecule has 0 fully saturated rings. The van der Waals surface area contributed by atoms with Crippen molar-refractivity contribution in [3.63, 3.8) is 0 Å². The molecule has 2 rings (SSSR count). The van der Waals surface area contributed by atoms with E-state index in [1.165, 1.54) is 20.8 Å². The first-order chi connectivity index (χ1) is 13.1. The van der Waals surface area contributed by atoms with Gasteiger partial charge in [0.2, 0.25) is 5.78 Å². The van der Waals surface area contributed by atoms with Crippen LogP contribution >= 0.6 is 0 Å². The van der Waals surface area contributed by atoms with Crippen LogP contribution < -0.4 is 4.74 Å². The van der Waals surface area contributed by atoms with Crippen molar-refractivity contribution in [1.82, 2.24) is 4.98 Å². The fraction of sp³-hybridized carbons (Fsp3) is 0.333. The number of hydrogen-bond donors (Lipinski definition) is 1. The molecule has 0 spiro atoms. The molecule has 0 amide bonds. The van der Waals surface area contributed by atoms with Gasteiger partial charge in [-0.15, -0.1) is 0 Å². The number of aryl methyl sites for hydroxylation is 1. The molecule has 2 aromatic rings. The van der Waals surface area contributed by atoms with E-state index in [-0.39, 0.29) is 11.5 Å². The molecule has 0 saturated heterocycles. The number of Topliss-reactive ketones (excluding diaryl/α,β-unsaturated/α-hetero) is 2. The molecule has 0 aliphatic heterocycles. The zero-order valence-corrected chi connectivity index (χ0v) is 16.5. The second-order valence-corrected chi connectivity index (χ2v) is 6.52. The number of aromatic amines is 1. The summed E-state index contributed by atoms with van der Waals surface area (Å²) in [5, 5.41) is 8.79. The molecular formula is C21H22N2O5. The van der Waals surface area contributed by atoms with Crippen LogP contribution in [-0.4, -0.2) is 34.7 Å². The predicted molar refractivity (Wildman–Crippen MR) is 101 cm³/mol. The van der Waals surface area contributed by atoms with Crippen LogP contribution in [0.3, 0.4) is 0 Å². The summed E-state index contributed by atoms with van der Waals surface area (Å²) < 4.78 is 10.7. The molecular weight excluding hydrogens is 360 g/mol. The molecule has 0 unspecified atom stereocenters. The van der Waals surface area contributed by atoms with Crippen LogP contribution in [0.5, 0.6) is 5.75 Å². The highest BCUT2D eigenvalue weighted by Crippen LogP contribution is 2.21. The largest absolute Gasteiger partial charge is 0.479 e. The van der Waals surface area contributed by atoms with E-state index in [4.69, 9.17) is 14.7 Å². The zero-order chi connectivity index (χ0) is 21.0. The summed E-state index contributed by atoms with van der Waals surface area (Å²) >= 11 is 0. The van der Waals surface area contributed by atoms with Crippen LogP contribution in [0.4, 0.5) is 0 Å². The molecule has 0 bridgehead atoms. The molecule has 0 aliphatic carbocycles. The number of aromatic nitrogens is 1. The first kappa shape index (κ1) is 20.9. The Bertz CT molecular complexity index is 950. The summed E-state index contributed by atoms with van der Waals surface area (Å²) in [6.07, 6.45) is -1.99. The number of nitriles is 1. The lowest BCUT2D eigenvalue weighted by Crippen LogP contribution is -2.33. The minimum absolute atomic E-state index is 0.139. The Morgan fingerprint density at radius 1 is 1.07 bits per heavy atom. The van der Waals surface area contributed by atoms with Gasteiger partial charge in [0.05, 0.1) is 17.3 Å². The number of rotatable bonds is 7. The van der Waals surface area contributed by atoms with Gasteiger partial charge in [0, 0.05) is 11.3 Å². The summed E-state index contributed by atoms with van der Waals surface area (Å²) in [6.45, 7) is 7.81. The number of H-pyrrole nitrogens is 1. The second-order valence-electron chi connectivity index (χ2n) is 6.52. The monoisotopic (exact) mass is 382 g/mol. The van der Waals surface area contributed by atoms with Gasteiger partial charge in [-0.3, -0.25) is 9.59 Å². The number of hydrogen-bond acceptors (Lipinski definition) is 6. The summed E-state index contributed by atoms with van der Waals surface area (Å²) in [5.41, 5.74) is 2.34. The van der Waals surface area contributed by atoms with Gasteiger partial charge in [0.25, 0.3) is 0 Å². The van der Waals surface area contributed by atoms with Crippen LogP contribution in [0, 0.1) is 25.2 Å². The van der Waals surface area contributed by atoms with Gasteiger partial charge >= 0.3 is 5.97 Å². The molecule has 1 N–H and O–H groups in total. The maximum atomic E-state index is 12.6. The highest BCUT2D eigenvalue weighted by atomic mass is 16.6. The number of nitrogens with zero attached hydrogens (tertiary/aromatic N) is 1. The highest BCUT2D eigenvalue weighted by molar-refractivity contribution is 6.05. The first-order valence-electron chi connectivity index (χ1n) is 8.77. The minimum Gasteiger partial charge on any atom is -0.479 e. The van der Waals surface area contributed by atoms with Crippen LogP contribution in [0.2, 0.25) is 0 Å². The van der Waals surface area contributed by atoms with E-state index in [0.717, 1.165) is 0 Å². The average molecular weight is 382 g/mol. The summed E-state index contributed by atoms with van der Waals surface area (Å²) in [4.78, 5) is 39.5. The van der Waals surface area contributed by atoms with E-state index < -0.39 is 24.0 Å². The molecule has 1 heterocycles. The fourth-order valence-electron chi connectivity index (χ4n) is 2.91. The fourth-order valence-corrected chi connectivity index (χ4v) is 2.91. The van der Waals surface area contributed by atoms with Crippen molar-refractivity contribution in [3.05, 3.63) is 52.3 Å². The standard InChI is InChI=1S/C21H22N2O5/c1-11-18(13(3)24)12(2)23-19(11)20(25)14(4)28-21(26)15(5)27-17-8-6-16(10-22)7-9-17/h6-9,14-15,23H,1-5H3/t14-,15+/m1/s1. The van der Waals surface area contributed by atoms with Gasteiger partial charge in [-0.05, 0) is 64.4 Å². The predicted octanol–water partition coefficient (Wildman–Crippen LogP) is 3.29. The summed E-state index contributed by atoms with van der Waals surface area (Å²) in [6, 6.07) is 8.29. The van der Waals surface area contributed by atoms with Crippen molar-refractivity contribution < 1.29 is 23.9 Å². The molecule has 28 heavy (non-hydrogen) atoms. The van der Waals surface area contributed by atoms with Crippen molar-refractivity contribution in [2.75, 3.05) is 0 Å². The third kappa shape index (κ3) is 4.46. The Kier molecular flexibility index (Phi) is 6.37. The van der Waals surface area contributed by atoms with Gasteiger partial charge in [-0.25, -0.2) is 4.79 Å². The third-order valence-electron chi connectivity index (χ3n) is 4.33. The summed E-state index contributed by atoms with van der Waals surface area (Å²) in [5.74, 6) is -0.853. The van der Waals surface area contributed by atoms with E-state index in [2.05, 4.69) is 4.98 Å². The lowest BCUT2D eigenvalue weighted by Gasteiger charge is -2.17. The lowest BCUT2D eigenvalue weighted by atomic mass is 10.0. The topological polar surface area (TPSA) is 109 Å². The van der Waals surface area contributed by atoms with Crippen molar-refractivity contribution >= 4 is 17.5 Å². The van der Waals surface area contributed by atoms with Gasteiger partial charge in [-0.1, -0.05) is 0 Å². The number of nitrogens with one attached hydrogen (secondary N) is 1. The average Bonchev–Trinajstić information content (AvgIpc) is 2.95. The molecule has 0 saturated carbocycles. The molecule has 146 valence electrons. The molecule has 0 aliphatic rings. The molecule has 1 aromatic heterocycles. The van der Waals surface area contributed by atoms with Crippen LogP contribution in [-0.2, 0) is 9.53 Å². The van der Waals surface area contributed by atoms with Crippen LogP contribution in [0.1, 0.15) is 58.4 Å². The Labute approximate surface area is 163 Å². The lowest BCUT2D eigenvalue weighted by molar-refractivity contribution is -0.153. The van der Waals surface area contributed by atoms with Gasteiger partial charge in [0.15, 0.2) is 18.0 Å². The van der Waals surface area contributed by atoms with Crippen LogP contribution in [0.25, 0.3) is 0 Å². The van der Waals surface area contributed by atoms with Crippen LogP contribution in [0.15, 0.2) is 24.3 Å². The van der Waals surface area contributed by atoms with Crippen molar-refractivity contribution in [2.45, 2.75) is 46.8 Å². The normalized spacial score (nSPS) is 12.6. The Hall–Kier alpha value is -3.40. The van der Waals surface area contributed by atoms with E-state index >= 15 is 0 Å². The van der Waals surface area contributed by atoms with E-state index in [9.17, 15) is 14.4 Å². The summed E-state index contributed by atoms with van der Waals surface area (Å²) in [7, 11) is 0. The van der Waals surface area contributed by atoms with Crippen molar-refractivity contribution in [2.24, 2.45) is 0 Å². The first-order valence-corrected chi connectivity index (χ1v) is 8.77. The maximum absolute atomic E-state index is 12.6. The SMILES string of the molecule is CC(=O)c1c(C)[nH]c(C(=O)[C@@H](C)OC(=O)[C@H](C)Oc2ccc(C#N)cc2)c1C. The third-order valence-corrected chi connectivity index (χ3v) is 4.33. The van der Waals surface area contributed by atoms with E-state index in [1.54, 1.807) is 38.1 Å². The van der Waals surface area contributed by atoms with Gasteiger partial charge < -0.3 is 14.5 Å². The number of benzene rings is 1. The number of ketones is 2. The quantitative estimate of drug-likeness (QED) is 0.581. The number of ether oxygens (including phenoxy) is 2. The highest BCUT2D eigenvalue weighted by Gasteiger charge is 2.28. The van der Waals surface area contributed by atoms with Gasteiger partial charge in [-0.2, -0.15) is 5.26 Å². The number of carbonyl (C=O) groups excluding carboxylic acids is 3. The Balaban J connectivity index is 2.04. The zero-order valence-electron chi connectivity index (χ0n) is 16.5. The molecule has 7 nitrogen and oxygen atoms in total. The number of esters is 1. The van der Waals surface area contributed by atoms with E-state index in [0.29, 0.717) is 28.1 Å². The minimum atomic E-state index is -1.05. The second kappa shape index (κ2) is 8.53. The van der Waals surface area contributed by atoms with E-state index in [1.807, 2.05) is 6.07 Å². The molecule has 0 radical (unpaired) electrons.